The Morgan fingerprint density at radius 3 is 2.42 bits per heavy atom. The van der Waals surface area contributed by atoms with E-state index < -0.39 is 0 Å². The lowest BCUT2D eigenvalue weighted by molar-refractivity contribution is 0.309. The molecule has 0 aromatic heterocycles. The summed E-state index contributed by atoms with van der Waals surface area (Å²) in [7, 11) is 3.93. The van der Waals surface area contributed by atoms with Gasteiger partial charge < -0.3 is 9.64 Å². The fourth-order valence-corrected chi connectivity index (χ4v) is 4.46. The normalized spacial score (nSPS) is 25.4. The number of benzene rings is 2. The number of aliphatic imine (C=N–C) groups is 1. The van der Waals surface area contributed by atoms with E-state index in [0.29, 0.717) is 5.92 Å². The predicted octanol–water partition coefficient (Wildman–Crippen LogP) is 5.59. The molecule has 26 heavy (non-hydrogen) atoms. The van der Waals surface area contributed by atoms with Gasteiger partial charge in [0.1, 0.15) is 11.6 Å². The average Bonchev–Trinajstić information content (AvgIpc) is 2.68. The van der Waals surface area contributed by atoms with Crippen LogP contribution < -0.4 is 4.74 Å². The molecule has 1 fully saturated rings. The molecule has 3 heteroatoms. The van der Waals surface area contributed by atoms with Crippen molar-refractivity contribution in [3.63, 3.8) is 0 Å². The fourth-order valence-electron chi connectivity index (χ4n) is 4.46. The molecule has 2 aliphatic rings. The van der Waals surface area contributed by atoms with Crippen molar-refractivity contribution < 1.29 is 4.74 Å². The van der Waals surface area contributed by atoms with Gasteiger partial charge >= 0.3 is 0 Å². The zero-order chi connectivity index (χ0) is 18.1. The first-order valence-corrected chi connectivity index (χ1v) is 9.71. The third kappa shape index (κ3) is 3.11. The van der Waals surface area contributed by atoms with Gasteiger partial charge in [-0.05, 0) is 30.4 Å². The highest BCUT2D eigenvalue weighted by Gasteiger charge is 2.34. The van der Waals surface area contributed by atoms with Gasteiger partial charge in [-0.1, -0.05) is 56.2 Å². The summed E-state index contributed by atoms with van der Waals surface area (Å²) in [4.78, 5) is 7.53. The van der Waals surface area contributed by atoms with Crippen LogP contribution in [0.3, 0.4) is 0 Å². The van der Waals surface area contributed by atoms with E-state index in [2.05, 4.69) is 61.3 Å². The molecule has 0 amide bonds. The third-order valence-corrected chi connectivity index (χ3v) is 6.01. The number of hydrogen-bond donors (Lipinski definition) is 0. The maximum Gasteiger partial charge on any atom is 0.121 e. The van der Waals surface area contributed by atoms with Crippen LogP contribution in [0.25, 0.3) is 0 Å². The van der Waals surface area contributed by atoms with Crippen molar-refractivity contribution in [3.05, 3.63) is 59.7 Å². The largest absolute Gasteiger partial charge is 0.497 e. The minimum Gasteiger partial charge on any atom is -0.497 e. The molecule has 0 radical (unpaired) electrons. The lowest BCUT2D eigenvalue weighted by Gasteiger charge is -2.40. The van der Waals surface area contributed by atoms with Crippen LogP contribution in [-0.2, 0) is 0 Å². The number of rotatable bonds is 3. The standard InChI is InChI=1S/C23H28N2O/c1-16-9-11-18(12-10-16)23-24-21-15-19(26-3)13-14-20(21)22(25(23)2)17-7-5-4-6-8-17/h4-8,13-16,18,22H,9-12H2,1-3H3. The van der Waals surface area contributed by atoms with Crippen molar-refractivity contribution >= 4 is 11.5 Å². The zero-order valence-corrected chi connectivity index (χ0v) is 16.0. The highest BCUT2D eigenvalue weighted by Crippen LogP contribution is 2.43. The van der Waals surface area contributed by atoms with Gasteiger partial charge in [-0.25, -0.2) is 4.99 Å². The molecule has 0 bridgehead atoms. The van der Waals surface area contributed by atoms with Crippen molar-refractivity contribution in [2.24, 2.45) is 16.8 Å². The van der Waals surface area contributed by atoms with E-state index >= 15 is 0 Å². The van der Waals surface area contributed by atoms with E-state index in [9.17, 15) is 0 Å². The van der Waals surface area contributed by atoms with Gasteiger partial charge in [-0.2, -0.15) is 0 Å². The molecule has 1 unspecified atom stereocenters. The van der Waals surface area contributed by atoms with Crippen LogP contribution >= 0.6 is 0 Å². The zero-order valence-electron chi connectivity index (χ0n) is 16.0. The Morgan fingerprint density at radius 2 is 1.73 bits per heavy atom. The second kappa shape index (κ2) is 7.14. The van der Waals surface area contributed by atoms with E-state index in [1.807, 2.05) is 6.07 Å². The molecule has 4 rings (SSSR count). The SMILES string of the molecule is COc1ccc2c(c1)N=C(C1CCC(C)CC1)N(C)C2c1ccccc1. The second-order valence-electron chi connectivity index (χ2n) is 7.78. The Labute approximate surface area is 156 Å². The molecule has 136 valence electrons. The first-order chi connectivity index (χ1) is 12.7. The molecule has 0 saturated heterocycles. The number of amidine groups is 1. The maximum atomic E-state index is 5.46. The lowest BCUT2D eigenvalue weighted by Crippen LogP contribution is -2.40. The summed E-state index contributed by atoms with van der Waals surface area (Å²) >= 11 is 0. The van der Waals surface area contributed by atoms with Crippen LogP contribution in [0.4, 0.5) is 5.69 Å². The smallest absolute Gasteiger partial charge is 0.121 e. The molecule has 2 aromatic rings. The molecule has 1 aliphatic carbocycles. The highest BCUT2D eigenvalue weighted by molar-refractivity contribution is 5.90. The second-order valence-corrected chi connectivity index (χ2v) is 7.78. The van der Waals surface area contributed by atoms with Gasteiger partial charge in [0.15, 0.2) is 0 Å². The van der Waals surface area contributed by atoms with E-state index in [1.54, 1.807) is 7.11 Å². The summed E-state index contributed by atoms with van der Waals surface area (Å²) in [6.45, 7) is 2.37. The maximum absolute atomic E-state index is 5.46. The molecule has 0 N–H and O–H groups in total. The van der Waals surface area contributed by atoms with Crippen molar-refractivity contribution in [2.75, 3.05) is 14.2 Å². The molecular formula is C23H28N2O. The Hall–Kier alpha value is -2.29. The summed E-state index contributed by atoms with van der Waals surface area (Å²) in [6.07, 6.45) is 5.09. The predicted molar refractivity (Wildman–Crippen MR) is 107 cm³/mol. The van der Waals surface area contributed by atoms with Gasteiger partial charge in [0, 0.05) is 24.6 Å². The molecule has 1 heterocycles. The van der Waals surface area contributed by atoms with Crippen LogP contribution in [0.2, 0.25) is 0 Å². The fraction of sp³-hybridized carbons (Fsp3) is 0.435. The van der Waals surface area contributed by atoms with Gasteiger partial charge in [0.2, 0.25) is 0 Å². The van der Waals surface area contributed by atoms with Crippen LogP contribution in [0.15, 0.2) is 53.5 Å². The number of hydrogen-bond acceptors (Lipinski definition) is 3. The van der Waals surface area contributed by atoms with E-state index in [1.165, 1.54) is 42.6 Å². The Kier molecular flexibility index (Phi) is 4.71. The molecule has 2 aromatic carbocycles. The van der Waals surface area contributed by atoms with Crippen molar-refractivity contribution in [3.8, 4) is 5.75 Å². The molecule has 1 atom stereocenters. The topological polar surface area (TPSA) is 24.8 Å². The summed E-state index contributed by atoms with van der Waals surface area (Å²) in [5.41, 5.74) is 3.63. The van der Waals surface area contributed by atoms with Gasteiger partial charge in [-0.15, -0.1) is 0 Å². The Morgan fingerprint density at radius 1 is 1.00 bits per heavy atom. The van der Waals surface area contributed by atoms with Crippen LogP contribution in [0, 0.1) is 11.8 Å². The highest BCUT2D eigenvalue weighted by atomic mass is 16.5. The number of methoxy groups -OCH3 is 1. The summed E-state index contributed by atoms with van der Waals surface area (Å²) in [6, 6.07) is 17.3. The van der Waals surface area contributed by atoms with Crippen molar-refractivity contribution in [2.45, 2.75) is 38.6 Å². The van der Waals surface area contributed by atoms with Crippen molar-refractivity contribution in [1.82, 2.24) is 4.90 Å². The molecular weight excluding hydrogens is 320 g/mol. The molecule has 1 aliphatic heterocycles. The van der Waals surface area contributed by atoms with Crippen LogP contribution in [0.5, 0.6) is 5.75 Å². The Balaban J connectivity index is 1.78. The summed E-state index contributed by atoms with van der Waals surface area (Å²) in [5, 5.41) is 0. The average molecular weight is 348 g/mol. The van der Waals surface area contributed by atoms with Gasteiger partial charge in [0.05, 0.1) is 18.8 Å². The minimum absolute atomic E-state index is 0.212. The summed E-state index contributed by atoms with van der Waals surface area (Å²) < 4.78 is 5.46. The summed E-state index contributed by atoms with van der Waals surface area (Å²) in [5.74, 6) is 3.52. The Bertz CT molecular complexity index is 791. The first kappa shape index (κ1) is 17.1. The van der Waals surface area contributed by atoms with Crippen LogP contribution in [0.1, 0.15) is 49.8 Å². The minimum atomic E-state index is 0.212. The quantitative estimate of drug-likeness (QED) is 0.722. The third-order valence-electron chi connectivity index (χ3n) is 6.01. The van der Waals surface area contributed by atoms with E-state index in [0.717, 1.165) is 17.4 Å². The number of nitrogens with zero attached hydrogens (tertiary/aromatic N) is 2. The molecule has 0 spiro atoms. The lowest BCUT2D eigenvalue weighted by atomic mass is 9.81. The first-order valence-electron chi connectivity index (χ1n) is 9.71. The monoisotopic (exact) mass is 348 g/mol. The van der Waals surface area contributed by atoms with Crippen molar-refractivity contribution in [1.29, 1.82) is 0 Å². The van der Waals surface area contributed by atoms with Gasteiger partial charge in [0.25, 0.3) is 0 Å². The molecule has 3 nitrogen and oxygen atoms in total. The number of fused-ring (bicyclic) bond motifs is 1. The number of ether oxygens (including phenoxy) is 1. The van der Waals surface area contributed by atoms with E-state index in [-0.39, 0.29) is 6.04 Å². The molecule has 1 saturated carbocycles. The van der Waals surface area contributed by atoms with Gasteiger partial charge in [-0.3, -0.25) is 0 Å². The van der Waals surface area contributed by atoms with E-state index in [4.69, 9.17) is 9.73 Å². The van der Waals surface area contributed by atoms with Crippen LogP contribution in [-0.4, -0.2) is 24.9 Å².